The summed E-state index contributed by atoms with van der Waals surface area (Å²) in [6.45, 7) is 2.13. The summed E-state index contributed by atoms with van der Waals surface area (Å²) in [6, 6.07) is 16.2. The fourth-order valence-electron chi connectivity index (χ4n) is 2.68. The van der Waals surface area contributed by atoms with Gasteiger partial charge in [-0.25, -0.2) is 4.98 Å². The first kappa shape index (κ1) is 18.3. The fraction of sp³-hybridized carbons (Fsp3) is 0.0952. The highest BCUT2D eigenvalue weighted by Gasteiger charge is 2.15. The molecule has 0 saturated heterocycles. The van der Waals surface area contributed by atoms with Crippen molar-refractivity contribution in [1.29, 1.82) is 0 Å². The number of nitrogens with zero attached hydrogens (tertiary/aromatic N) is 2. The molecule has 4 aromatic rings. The zero-order chi connectivity index (χ0) is 20.2. The number of amides is 2. The van der Waals surface area contributed by atoms with Gasteiger partial charge in [-0.1, -0.05) is 18.2 Å². The molecule has 2 N–H and O–H groups in total. The van der Waals surface area contributed by atoms with Crippen LogP contribution in [-0.2, 0) is 6.61 Å². The van der Waals surface area contributed by atoms with E-state index in [1.54, 1.807) is 16.7 Å². The number of hydrogen-bond acceptors (Lipinski definition) is 5. The number of aryl methyl sites for hydroxylation is 1. The molecule has 29 heavy (non-hydrogen) atoms. The quantitative estimate of drug-likeness (QED) is 0.511. The lowest BCUT2D eigenvalue weighted by Crippen LogP contribution is -2.41. The van der Waals surface area contributed by atoms with E-state index in [9.17, 15) is 9.59 Å². The minimum atomic E-state index is -0.580. The van der Waals surface area contributed by atoms with Crippen LogP contribution in [0.15, 0.2) is 71.4 Å². The largest absolute Gasteiger partial charge is 0.486 e. The number of carbonyl (C=O) groups is 2. The summed E-state index contributed by atoms with van der Waals surface area (Å²) in [6.07, 6.45) is 3.40. The van der Waals surface area contributed by atoms with Gasteiger partial charge in [-0.15, -0.1) is 0 Å². The minimum absolute atomic E-state index is 0.0580. The summed E-state index contributed by atoms with van der Waals surface area (Å²) in [5.74, 6) is 0.135. The van der Waals surface area contributed by atoms with Crippen LogP contribution in [0.25, 0.3) is 5.65 Å². The van der Waals surface area contributed by atoms with Gasteiger partial charge in [0.15, 0.2) is 5.76 Å². The normalized spacial score (nSPS) is 10.7. The van der Waals surface area contributed by atoms with Gasteiger partial charge in [0.05, 0.1) is 0 Å². The van der Waals surface area contributed by atoms with Crippen LogP contribution in [-0.4, -0.2) is 21.2 Å². The number of rotatable bonds is 5. The van der Waals surface area contributed by atoms with E-state index in [4.69, 9.17) is 9.15 Å². The SMILES string of the molecule is Cc1ccn2cc(C(=O)NNC(=O)c3ccc(COc4ccccc4)o3)nc2c1. The molecule has 2 amide bonds. The maximum atomic E-state index is 12.2. The van der Waals surface area contributed by atoms with Gasteiger partial charge in [0.25, 0.3) is 5.91 Å². The second-order valence-electron chi connectivity index (χ2n) is 6.37. The number of pyridine rings is 1. The molecule has 1 aromatic carbocycles. The minimum Gasteiger partial charge on any atom is -0.486 e. The van der Waals surface area contributed by atoms with Crippen LogP contribution in [0.3, 0.4) is 0 Å². The Morgan fingerprint density at radius 2 is 1.86 bits per heavy atom. The van der Waals surface area contributed by atoms with Crippen molar-refractivity contribution in [2.75, 3.05) is 0 Å². The van der Waals surface area contributed by atoms with Crippen molar-refractivity contribution in [2.45, 2.75) is 13.5 Å². The fourth-order valence-corrected chi connectivity index (χ4v) is 2.68. The van der Waals surface area contributed by atoms with Gasteiger partial charge in [-0.3, -0.25) is 20.4 Å². The average Bonchev–Trinajstić information content (AvgIpc) is 3.38. The summed E-state index contributed by atoms with van der Waals surface area (Å²) >= 11 is 0. The first-order valence-electron chi connectivity index (χ1n) is 8.91. The molecule has 3 heterocycles. The first-order valence-corrected chi connectivity index (χ1v) is 8.91. The van der Waals surface area contributed by atoms with Crippen molar-refractivity contribution in [2.24, 2.45) is 0 Å². The van der Waals surface area contributed by atoms with Gasteiger partial charge >= 0.3 is 5.91 Å². The van der Waals surface area contributed by atoms with Gasteiger partial charge < -0.3 is 13.6 Å². The maximum absolute atomic E-state index is 12.2. The number of hydrazine groups is 1. The van der Waals surface area contributed by atoms with Crippen LogP contribution >= 0.6 is 0 Å². The van der Waals surface area contributed by atoms with E-state index in [0.717, 1.165) is 5.56 Å². The third kappa shape index (κ3) is 4.27. The lowest BCUT2D eigenvalue weighted by Gasteiger charge is -2.04. The van der Waals surface area contributed by atoms with E-state index >= 15 is 0 Å². The van der Waals surface area contributed by atoms with E-state index in [1.165, 1.54) is 6.07 Å². The van der Waals surface area contributed by atoms with Crippen molar-refractivity contribution in [3.05, 3.63) is 89.8 Å². The Kier molecular flexibility index (Phi) is 4.98. The third-order valence-corrected chi connectivity index (χ3v) is 4.15. The molecule has 0 aliphatic rings. The highest BCUT2D eigenvalue weighted by molar-refractivity contribution is 5.97. The van der Waals surface area contributed by atoms with Crippen molar-refractivity contribution in [3.63, 3.8) is 0 Å². The van der Waals surface area contributed by atoms with Crippen molar-refractivity contribution in [1.82, 2.24) is 20.2 Å². The predicted molar refractivity (Wildman–Crippen MR) is 104 cm³/mol. The number of hydrogen-bond donors (Lipinski definition) is 2. The zero-order valence-corrected chi connectivity index (χ0v) is 15.6. The van der Waals surface area contributed by atoms with E-state index in [1.807, 2.05) is 55.6 Å². The van der Waals surface area contributed by atoms with Crippen molar-refractivity contribution >= 4 is 17.5 Å². The first-order chi connectivity index (χ1) is 14.1. The van der Waals surface area contributed by atoms with Crippen molar-refractivity contribution in [3.8, 4) is 5.75 Å². The molecule has 4 rings (SSSR count). The molecule has 3 aromatic heterocycles. The molecule has 8 heteroatoms. The molecule has 0 fully saturated rings. The van der Waals surface area contributed by atoms with Gasteiger partial charge in [0, 0.05) is 12.4 Å². The molecule has 0 unspecified atom stereocenters. The molecule has 0 radical (unpaired) electrons. The van der Waals surface area contributed by atoms with E-state index in [-0.39, 0.29) is 18.1 Å². The Labute approximate surface area is 166 Å². The average molecular weight is 390 g/mol. The number of ether oxygens (including phenoxy) is 1. The second kappa shape index (κ2) is 7.89. The molecule has 0 saturated carbocycles. The topological polar surface area (TPSA) is 97.9 Å². The monoisotopic (exact) mass is 390 g/mol. The molecular formula is C21H18N4O4. The summed E-state index contributed by atoms with van der Waals surface area (Å²) in [4.78, 5) is 28.7. The second-order valence-corrected chi connectivity index (χ2v) is 6.37. The van der Waals surface area contributed by atoms with Crippen molar-refractivity contribution < 1.29 is 18.7 Å². The van der Waals surface area contributed by atoms with Crippen LogP contribution in [0.1, 0.15) is 32.4 Å². The zero-order valence-electron chi connectivity index (χ0n) is 15.6. The summed E-state index contributed by atoms with van der Waals surface area (Å²) in [5.41, 5.74) is 6.52. The van der Waals surface area contributed by atoms with Crippen LogP contribution in [0.5, 0.6) is 5.75 Å². The lowest BCUT2D eigenvalue weighted by molar-refractivity contribution is 0.0826. The summed E-state index contributed by atoms with van der Waals surface area (Å²) in [7, 11) is 0. The number of furan rings is 1. The number of nitrogens with one attached hydrogen (secondary N) is 2. The Morgan fingerprint density at radius 1 is 1.07 bits per heavy atom. The molecule has 0 atom stereocenters. The Hall–Kier alpha value is -4.07. The predicted octanol–water partition coefficient (Wildman–Crippen LogP) is 2.89. The Morgan fingerprint density at radius 3 is 2.69 bits per heavy atom. The molecule has 0 aliphatic carbocycles. The Balaban J connectivity index is 1.33. The molecule has 8 nitrogen and oxygen atoms in total. The Bertz CT molecular complexity index is 1160. The number of fused-ring (bicyclic) bond motifs is 1. The highest BCUT2D eigenvalue weighted by atomic mass is 16.5. The molecule has 146 valence electrons. The smallest absolute Gasteiger partial charge is 0.305 e. The lowest BCUT2D eigenvalue weighted by atomic mass is 10.3. The molecule has 0 aliphatic heterocycles. The van der Waals surface area contributed by atoms with E-state index < -0.39 is 11.8 Å². The molecule has 0 spiro atoms. The number of aromatic nitrogens is 2. The molecule has 0 bridgehead atoms. The van der Waals surface area contributed by atoms with Crippen LogP contribution < -0.4 is 15.6 Å². The number of benzene rings is 1. The number of imidazole rings is 1. The summed E-state index contributed by atoms with van der Waals surface area (Å²) in [5, 5.41) is 0. The van der Waals surface area contributed by atoms with Crippen LogP contribution in [0.2, 0.25) is 0 Å². The standard InChI is InChI=1S/C21H18N4O4/c1-14-9-10-25-12-17(22-19(25)11-14)20(26)23-24-21(27)18-8-7-16(29-18)13-28-15-5-3-2-4-6-15/h2-12H,13H2,1H3,(H,23,26)(H,24,27). The maximum Gasteiger partial charge on any atom is 0.305 e. The van der Waals surface area contributed by atoms with E-state index in [0.29, 0.717) is 17.2 Å². The third-order valence-electron chi connectivity index (χ3n) is 4.15. The van der Waals surface area contributed by atoms with Gasteiger partial charge in [-0.2, -0.15) is 0 Å². The van der Waals surface area contributed by atoms with Gasteiger partial charge in [0.1, 0.15) is 29.5 Å². The summed E-state index contributed by atoms with van der Waals surface area (Å²) < 4.78 is 12.8. The highest BCUT2D eigenvalue weighted by Crippen LogP contribution is 2.14. The van der Waals surface area contributed by atoms with Gasteiger partial charge in [0.2, 0.25) is 0 Å². The van der Waals surface area contributed by atoms with Crippen LogP contribution in [0, 0.1) is 6.92 Å². The number of para-hydroxylation sites is 1. The van der Waals surface area contributed by atoms with E-state index in [2.05, 4.69) is 15.8 Å². The number of carbonyl (C=O) groups excluding carboxylic acids is 2. The molecular weight excluding hydrogens is 372 g/mol. The van der Waals surface area contributed by atoms with Gasteiger partial charge in [-0.05, 0) is 48.9 Å². The van der Waals surface area contributed by atoms with Crippen LogP contribution in [0.4, 0.5) is 0 Å².